The molecule has 5 rings (SSSR count). The van der Waals surface area contributed by atoms with Crippen molar-refractivity contribution >= 4 is 17.3 Å². The molecule has 4 aromatic rings. The lowest BCUT2D eigenvalue weighted by Gasteiger charge is -2.12. The molecular weight excluding hydrogens is 410 g/mol. The highest BCUT2D eigenvalue weighted by Crippen LogP contribution is 2.27. The number of aromatic nitrogens is 5. The maximum Gasteiger partial charge on any atom is 0.253 e. The summed E-state index contributed by atoms with van der Waals surface area (Å²) >= 11 is 0. The maximum atomic E-state index is 12.5. The first kappa shape index (κ1) is 19.7. The van der Waals surface area contributed by atoms with Gasteiger partial charge in [0.15, 0.2) is 6.10 Å². The van der Waals surface area contributed by atoms with Crippen molar-refractivity contribution in [1.82, 2.24) is 29.5 Å². The smallest absolute Gasteiger partial charge is 0.253 e. The molecule has 4 aromatic heterocycles. The molecule has 32 heavy (non-hydrogen) atoms. The van der Waals surface area contributed by atoms with Gasteiger partial charge in [-0.25, -0.2) is 4.98 Å². The van der Waals surface area contributed by atoms with Gasteiger partial charge in [0.1, 0.15) is 23.7 Å². The van der Waals surface area contributed by atoms with E-state index in [9.17, 15) is 4.79 Å². The molecule has 0 aromatic carbocycles. The summed E-state index contributed by atoms with van der Waals surface area (Å²) in [6.07, 6.45) is 10.9. The fourth-order valence-corrected chi connectivity index (χ4v) is 3.47. The summed E-state index contributed by atoms with van der Waals surface area (Å²) in [5, 5.41) is 11.2. The zero-order valence-corrected chi connectivity index (χ0v) is 17.4. The van der Waals surface area contributed by atoms with Crippen molar-refractivity contribution in [3.63, 3.8) is 0 Å². The first-order valence-corrected chi connectivity index (χ1v) is 10.1. The maximum absolute atomic E-state index is 12.5. The van der Waals surface area contributed by atoms with E-state index in [0.29, 0.717) is 30.9 Å². The highest BCUT2D eigenvalue weighted by molar-refractivity contribution is 5.98. The highest BCUT2D eigenvalue weighted by Gasteiger charge is 2.23. The number of ether oxygens (including phenoxy) is 1. The number of hydrogen-bond acceptors (Lipinski definition) is 7. The van der Waals surface area contributed by atoms with E-state index in [1.165, 1.54) is 0 Å². The van der Waals surface area contributed by atoms with Crippen LogP contribution >= 0.6 is 0 Å². The Morgan fingerprint density at radius 3 is 3.06 bits per heavy atom. The summed E-state index contributed by atoms with van der Waals surface area (Å²) in [4.78, 5) is 26.5. The van der Waals surface area contributed by atoms with Gasteiger partial charge in [0, 0.05) is 50.0 Å². The summed E-state index contributed by atoms with van der Waals surface area (Å²) in [6.45, 7) is 0.627. The predicted molar refractivity (Wildman–Crippen MR) is 116 cm³/mol. The topological polar surface area (TPSA) is 108 Å². The van der Waals surface area contributed by atoms with E-state index in [4.69, 9.17) is 9.57 Å². The highest BCUT2D eigenvalue weighted by atomic mass is 16.7. The van der Waals surface area contributed by atoms with Gasteiger partial charge in [-0.05, 0) is 24.3 Å². The summed E-state index contributed by atoms with van der Waals surface area (Å²) < 4.78 is 9.49. The van der Waals surface area contributed by atoms with Crippen LogP contribution in [0.3, 0.4) is 0 Å². The Hall–Kier alpha value is -4.21. The number of oxime groups is 1. The third-order valence-corrected chi connectivity index (χ3v) is 5.07. The number of carbonyl (C=O) groups excluding carboxylic acids is 1. The molecule has 5 heterocycles. The van der Waals surface area contributed by atoms with Crippen LogP contribution in [-0.4, -0.2) is 55.0 Å². The van der Waals surface area contributed by atoms with Crippen molar-refractivity contribution in [2.45, 2.75) is 12.5 Å². The van der Waals surface area contributed by atoms with E-state index in [1.807, 2.05) is 25.4 Å². The molecular formula is C22H21N7O3. The van der Waals surface area contributed by atoms with E-state index >= 15 is 0 Å². The lowest BCUT2D eigenvalue weighted by atomic mass is 10.2. The molecule has 0 saturated heterocycles. The number of nitrogens with one attached hydrogen (secondary N) is 1. The van der Waals surface area contributed by atoms with E-state index in [1.54, 1.807) is 52.2 Å². The molecule has 1 atom stereocenters. The average Bonchev–Trinajstić information content (AvgIpc) is 3.56. The van der Waals surface area contributed by atoms with Crippen molar-refractivity contribution < 1.29 is 14.4 Å². The van der Waals surface area contributed by atoms with Crippen LogP contribution < -0.4 is 10.1 Å². The number of pyridine rings is 2. The Bertz CT molecular complexity index is 1290. The zero-order valence-electron chi connectivity index (χ0n) is 17.4. The van der Waals surface area contributed by atoms with Crippen molar-refractivity contribution in [2.24, 2.45) is 12.2 Å². The Labute approximate surface area is 183 Å². The van der Waals surface area contributed by atoms with Gasteiger partial charge in [0.05, 0.1) is 24.0 Å². The summed E-state index contributed by atoms with van der Waals surface area (Å²) in [5.74, 6) is 0.472. The molecule has 0 spiro atoms. The van der Waals surface area contributed by atoms with Gasteiger partial charge in [-0.15, -0.1) is 0 Å². The number of rotatable bonds is 7. The average molecular weight is 431 g/mol. The van der Waals surface area contributed by atoms with Crippen LogP contribution in [0.15, 0.2) is 66.6 Å². The molecule has 162 valence electrons. The SMILES string of the molecule is Cn1cc(-c2ncccc2OCC2CC(CNC(=O)c3ccc4nccn4c3)=NO2)cn1. The summed E-state index contributed by atoms with van der Waals surface area (Å²) in [5.41, 5.74) is 3.70. The van der Waals surface area contributed by atoms with Crippen molar-refractivity contribution in [3.8, 4) is 17.0 Å². The van der Waals surface area contributed by atoms with Gasteiger partial charge in [-0.1, -0.05) is 5.16 Å². The van der Waals surface area contributed by atoms with Gasteiger partial charge in [-0.2, -0.15) is 5.10 Å². The minimum absolute atomic E-state index is 0.181. The molecule has 0 radical (unpaired) electrons. The number of nitrogens with zero attached hydrogens (tertiary/aromatic N) is 6. The molecule has 0 saturated carbocycles. The standard InChI is InChI=1S/C22H21N7O3/c1-28-12-16(10-26-28)21-19(3-2-6-24-21)31-14-18-9-17(27-32-18)11-25-22(30)15-4-5-20-23-7-8-29(20)13-15/h2-8,10,12-13,18H,9,11,14H2,1H3,(H,25,30). The van der Waals surface area contributed by atoms with Crippen LogP contribution in [0.4, 0.5) is 0 Å². The number of fused-ring (bicyclic) bond motifs is 1. The Kier molecular flexibility index (Phi) is 5.24. The number of imidazole rings is 1. The van der Waals surface area contributed by atoms with E-state index in [-0.39, 0.29) is 12.0 Å². The molecule has 1 unspecified atom stereocenters. The number of carbonyl (C=O) groups is 1. The van der Waals surface area contributed by atoms with E-state index in [2.05, 4.69) is 25.5 Å². The molecule has 0 aliphatic carbocycles. The molecule has 1 aliphatic rings. The minimum Gasteiger partial charge on any atom is -0.487 e. The molecule has 10 heteroatoms. The monoisotopic (exact) mass is 431 g/mol. The zero-order chi connectivity index (χ0) is 21.9. The van der Waals surface area contributed by atoms with Crippen LogP contribution in [0.2, 0.25) is 0 Å². The van der Waals surface area contributed by atoms with Gasteiger partial charge in [-0.3, -0.25) is 14.5 Å². The third kappa shape index (κ3) is 4.15. The third-order valence-electron chi connectivity index (χ3n) is 5.07. The van der Waals surface area contributed by atoms with Crippen LogP contribution in [-0.2, 0) is 11.9 Å². The number of aryl methyl sites for hydroxylation is 1. The van der Waals surface area contributed by atoms with Crippen molar-refractivity contribution in [2.75, 3.05) is 13.2 Å². The van der Waals surface area contributed by atoms with Gasteiger partial charge < -0.3 is 19.3 Å². The summed E-state index contributed by atoms with van der Waals surface area (Å²) in [6, 6.07) is 7.23. The lowest BCUT2D eigenvalue weighted by Crippen LogP contribution is -2.30. The minimum atomic E-state index is -0.230. The molecule has 1 aliphatic heterocycles. The fourth-order valence-electron chi connectivity index (χ4n) is 3.47. The van der Waals surface area contributed by atoms with Crippen LogP contribution in [0.5, 0.6) is 5.75 Å². The number of amides is 1. The van der Waals surface area contributed by atoms with Crippen LogP contribution in [0, 0.1) is 0 Å². The van der Waals surface area contributed by atoms with E-state index < -0.39 is 0 Å². The first-order chi connectivity index (χ1) is 15.7. The van der Waals surface area contributed by atoms with Crippen LogP contribution in [0.1, 0.15) is 16.8 Å². The second-order valence-corrected chi connectivity index (χ2v) is 7.45. The normalized spacial score (nSPS) is 15.4. The Balaban J connectivity index is 1.13. The largest absolute Gasteiger partial charge is 0.487 e. The van der Waals surface area contributed by atoms with Gasteiger partial charge >= 0.3 is 0 Å². The van der Waals surface area contributed by atoms with E-state index in [0.717, 1.165) is 22.6 Å². The fraction of sp³-hybridized carbons (Fsp3) is 0.227. The number of hydrogen-bond donors (Lipinski definition) is 1. The lowest BCUT2D eigenvalue weighted by molar-refractivity contribution is 0.0471. The quantitative estimate of drug-likeness (QED) is 0.480. The van der Waals surface area contributed by atoms with Gasteiger partial charge in [0.25, 0.3) is 5.91 Å². The predicted octanol–water partition coefficient (Wildman–Crippen LogP) is 2.08. The first-order valence-electron chi connectivity index (χ1n) is 10.1. The summed E-state index contributed by atoms with van der Waals surface area (Å²) in [7, 11) is 1.85. The van der Waals surface area contributed by atoms with Crippen LogP contribution in [0.25, 0.3) is 16.9 Å². The molecule has 0 bridgehead atoms. The second kappa shape index (κ2) is 8.50. The Morgan fingerprint density at radius 2 is 2.19 bits per heavy atom. The van der Waals surface area contributed by atoms with Crippen molar-refractivity contribution in [3.05, 3.63) is 67.0 Å². The Morgan fingerprint density at radius 1 is 1.25 bits per heavy atom. The molecule has 1 amide bonds. The molecule has 10 nitrogen and oxygen atoms in total. The second-order valence-electron chi connectivity index (χ2n) is 7.45. The van der Waals surface area contributed by atoms with Gasteiger partial charge in [0.2, 0.25) is 0 Å². The molecule has 1 N–H and O–H groups in total. The molecule has 0 fully saturated rings. The van der Waals surface area contributed by atoms with Crippen molar-refractivity contribution in [1.29, 1.82) is 0 Å².